The molecule has 1 rings (SSSR count). The van der Waals surface area contributed by atoms with E-state index in [4.69, 9.17) is 5.11 Å². The van der Waals surface area contributed by atoms with Gasteiger partial charge in [0.25, 0.3) is 0 Å². The quantitative estimate of drug-likeness (QED) is 0.632. The van der Waals surface area contributed by atoms with E-state index in [1.165, 1.54) is 18.9 Å². The van der Waals surface area contributed by atoms with Crippen LogP contribution in [0.2, 0.25) is 0 Å². The summed E-state index contributed by atoms with van der Waals surface area (Å²) in [6.07, 6.45) is 6.80. The highest BCUT2D eigenvalue weighted by molar-refractivity contribution is 5.79. The molecule has 0 spiro atoms. The van der Waals surface area contributed by atoms with E-state index in [1.54, 1.807) is 6.08 Å². The first-order valence-electron chi connectivity index (χ1n) is 5.34. The van der Waals surface area contributed by atoms with Crippen LogP contribution >= 0.6 is 0 Å². The van der Waals surface area contributed by atoms with Gasteiger partial charge in [0.05, 0.1) is 0 Å². The molecular formula is C11H19NO2. The number of hydrogen-bond donors (Lipinski definition) is 1. The van der Waals surface area contributed by atoms with Crippen LogP contribution in [0.25, 0.3) is 0 Å². The smallest absolute Gasteiger partial charge is 0.328 e. The van der Waals surface area contributed by atoms with Crippen LogP contribution in [0.5, 0.6) is 0 Å². The van der Waals surface area contributed by atoms with Crippen LogP contribution in [0, 0.1) is 5.92 Å². The lowest BCUT2D eigenvalue weighted by atomic mass is 10.3. The Kier molecular flexibility index (Phi) is 4.66. The Morgan fingerprint density at radius 3 is 2.79 bits per heavy atom. The summed E-state index contributed by atoms with van der Waals surface area (Å²) in [7, 11) is 0. The largest absolute Gasteiger partial charge is 0.478 e. The minimum Gasteiger partial charge on any atom is -0.478 e. The van der Waals surface area contributed by atoms with Crippen molar-refractivity contribution < 1.29 is 9.90 Å². The van der Waals surface area contributed by atoms with Gasteiger partial charge in [0.15, 0.2) is 0 Å². The van der Waals surface area contributed by atoms with Crippen molar-refractivity contribution in [1.82, 2.24) is 4.90 Å². The van der Waals surface area contributed by atoms with Gasteiger partial charge in [-0.3, -0.25) is 4.90 Å². The predicted molar refractivity (Wildman–Crippen MR) is 56.2 cm³/mol. The summed E-state index contributed by atoms with van der Waals surface area (Å²) in [5.41, 5.74) is 0. The zero-order valence-corrected chi connectivity index (χ0v) is 8.78. The van der Waals surface area contributed by atoms with Crippen molar-refractivity contribution in [3.8, 4) is 0 Å². The van der Waals surface area contributed by atoms with E-state index in [2.05, 4.69) is 11.8 Å². The molecule has 1 saturated carbocycles. The zero-order chi connectivity index (χ0) is 10.4. The van der Waals surface area contributed by atoms with Gasteiger partial charge in [-0.05, 0) is 31.7 Å². The van der Waals surface area contributed by atoms with Crippen molar-refractivity contribution in [2.45, 2.75) is 26.2 Å². The minimum atomic E-state index is -0.854. The maximum Gasteiger partial charge on any atom is 0.328 e. The average Bonchev–Trinajstić information content (AvgIpc) is 2.88. The fraction of sp³-hybridized carbons (Fsp3) is 0.727. The van der Waals surface area contributed by atoms with Crippen LogP contribution in [0.4, 0.5) is 0 Å². The van der Waals surface area contributed by atoms with Gasteiger partial charge < -0.3 is 5.11 Å². The van der Waals surface area contributed by atoms with Gasteiger partial charge in [-0.2, -0.15) is 0 Å². The predicted octanol–water partition coefficient (Wildman–Crippen LogP) is 1.75. The van der Waals surface area contributed by atoms with Crippen molar-refractivity contribution in [3.63, 3.8) is 0 Å². The van der Waals surface area contributed by atoms with Crippen molar-refractivity contribution in [2.75, 3.05) is 19.6 Å². The molecular weight excluding hydrogens is 178 g/mol. The van der Waals surface area contributed by atoms with Crippen molar-refractivity contribution in [3.05, 3.63) is 12.2 Å². The maximum atomic E-state index is 10.3. The van der Waals surface area contributed by atoms with E-state index in [0.29, 0.717) is 0 Å². The van der Waals surface area contributed by atoms with Crippen molar-refractivity contribution in [2.24, 2.45) is 5.92 Å². The lowest BCUT2D eigenvalue weighted by Crippen LogP contribution is -2.27. The number of carbonyl (C=O) groups is 1. The van der Waals surface area contributed by atoms with Gasteiger partial charge in [-0.25, -0.2) is 4.79 Å². The molecule has 0 aromatic heterocycles. The van der Waals surface area contributed by atoms with Gasteiger partial charge in [0, 0.05) is 19.2 Å². The summed E-state index contributed by atoms with van der Waals surface area (Å²) in [5.74, 6) is 0.0210. The third kappa shape index (κ3) is 5.02. The molecule has 14 heavy (non-hydrogen) atoms. The first-order chi connectivity index (χ1) is 6.72. The molecule has 0 aromatic carbocycles. The fourth-order valence-corrected chi connectivity index (χ4v) is 1.54. The number of carboxylic acid groups (broad SMARTS) is 1. The van der Waals surface area contributed by atoms with Crippen LogP contribution in [-0.2, 0) is 4.79 Å². The summed E-state index contributed by atoms with van der Waals surface area (Å²) >= 11 is 0. The van der Waals surface area contributed by atoms with Crippen LogP contribution in [0.1, 0.15) is 26.2 Å². The molecule has 0 aliphatic heterocycles. The Morgan fingerprint density at radius 2 is 2.29 bits per heavy atom. The van der Waals surface area contributed by atoms with E-state index in [-0.39, 0.29) is 0 Å². The lowest BCUT2D eigenvalue weighted by Gasteiger charge is -2.19. The molecule has 3 nitrogen and oxygen atoms in total. The van der Waals surface area contributed by atoms with Gasteiger partial charge >= 0.3 is 5.97 Å². The van der Waals surface area contributed by atoms with Gasteiger partial charge in [0.2, 0.25) is 0 Å². The van der Waals surface area contributed by atoms with E-state index >= 15 is 0 Å². The molecule has 1 aliphatic rings. The number of carboxylic acids is 1. The van der Waals surface area contributed by atoms with E-state index in [1.807, 2.05) is 0 Å². The summed E-state index contributed by atoms with van der Waals surface area (Å²) < 4.78 is 0. The SMILES string of the molecule is CCCN(CC=CC(=O)O)CC1CC1. The number of aliphatic carboxylic acids is 1. The molecule has 0 heterocycles. The Morgan fingerprint density at radius 1 is 1.57 bits per heavy atom. The Bertz CT molecular complexity index is 209. The summed E-state index contributed by atoms with van der Waals surface area (Å²) in [4.78, 5) is 12.6. The number of rotatable bonds is 7. The topological polar surface area (TPSA) is 40.5 Å². The molecule has 0 aromatic rings. The molecule has 0 radical (unpaired) electrons. The first-order valence-corrected chi connectivity index (χ1v) is 5.34. The molecule has 3 heteroatoms. The maximum absolute atomic E-state index is 10.3. The van der Waals surface area contributed by atoms with E-state index < -0.39 is 5.97 Å². The van der Waals surface area contributed by atoms with E-state index in [9.17, 15) is 4.79 Å². The highest BCUT2D eigenvalue weighted by atomic mass is 16.4. The van der Waals surface area contributed by atoms with Crippen LogP contribution in [0.15, 0.2) is 12.2 Å². The van der Waals surface area contributed by atoms with Gasteiger partial charge in [-0.15, -0.1) is 0 Å². The van der Waals surface area contributed by atoms with Crippen molar-refractivity contribution >= 4 is 5.97 Å². The van der Waals surface area contributed by atoms with Crippen molar-refractivity contribution in [1.29, 1.82) is 0 Å². The van der Waals surface area contributed by atoms with Crippen LogP contribution in [-0.4, -0.2) is 35.6 Å². The van der Waals surface area contributed by atoms with E-state index in [0.717, 1.165) is 32.0 Å². The Balaban J connectivity index is 2.22. The molecule has 1 fully saturated rings. The Labute approximate surface area is 85.4 Å². The highest BCUT2D eigenvalue weighted by Crippen LogP contribution is 2.29. The van der Waals surface area contributed by atoms with Crippen LogP contribution in [0.3, 0.4) is 0 Å². The molecule has 80 valence electrons. The van der Waals surface area contributed by atoms with Gasteiger partial charge in [0.1, 0.15) is 0 Å². The first kappa shape index (κ1) is 11.2. The molecule has 1 N–H and O–H groups in total. The number of nitrogens with zero attached hydrogens (tertiary/aromatic N) is 1. The Hall–Kier alpha value is -0.830. The van der Waals surface area contributed by atoms with Crippen LogP contribution < -0.4 is 0 Å². The standard InChI is InChI=1S/C11H19NO2/c1-2-7-12(9-10-5-6-10)8-3-4-11(13)14/h3-4,10H,2,5-9H2,1H3,(H,13,14). The lowest BCUT2D eigenvalue weighted by molar-refractivity contribution is -0.131. The second-order valence-corrected chi connectivity index (χ2v) is 3.94. The molecule has 0 bridgehead atoms. The summed E-state index contributed by atoms with van der Waals surface area (Å²) in [6.45, 7) is 5.13. The third-order valence-corrected chi connectivity index (χ3v) is 2.38. The molecule has 0 atom stereocenters. The minimum absolute atomic E-state index is 0.774. The normalized spacial score (nSPS) is 16.7. The highest BCUT2D eigenvalue weighted by Gasteiger charge is 2.23. The summed E-state index contributed by atoms with van der Waals surface area (Å²) in [5, 5.41) is 8.45. The number of hydrogen-bond acceptors (Lipinski definition) is 2. The second-order valence-electron chi connectivity index (χ2n) is 3.94. The molecule has 0 amide bonds. The molecule has 0 unspecified atom stereocenters. The molecule has 1 aliphatic carbocycles. The van der Waals surface area contributed by atoms with Gasteiger partial charge in [-0.1, -0.05) is 13.0 Å². The fourth-order valence-electron chi connectivity index (χ4n) is 1.54. The molecule has 0 saturated heterocycles. The monoisotopic (exact) mass is 197 g/mol. The second kappa shape index (κ2) is 5.81. The zero-order valence-electron chi connectivity index (χ0n) is 8.78. The third-order valence-electron chi connectivity index (χ3n) is 2.38. The summed E-state index contributed by atoms with van der Waals surface area (Å²) in [6, 6.07) is 0. The average molecular weight is 197 g/mol.